The highest BCUT2D eigenvalue weighted by molar-refractivity contribution is 5.91. The third kappa shape index (κ3) is 3.18. The molecule has 0 saturated carbocycles. The summed E-state index contributed by atoms with van der Waals surface area (Å²) >= 11 is 0. The molecule has 4 nitrogen and oxygen atoms in total. The summed E-state index contributed by atoms with van der Waals surface area (Å²) in [6, 6.07) is 3.91. The van der Waals surface area contributed by atoms with Crippen LogP contribution in [0.1, 0.15) is 36.7 Å². The van der Waals surface area contributed by atoms with Crippen LogP contribution in [0.2, 0.25) is 0 Å². The fourth-order valence-electron chi connectivity index (χ4n) is 1.18. The topological polar surface area (TPSA) is 76.1 Å². The van der Waals surface area contributed by atoms with Gasteiger partial charge in [-0.25, -0.2) is 9.18 Å². The smallest absolute Gasteiger partial charge is 0.338 e. The highest BCUT2D eigenvalue weighted by atomic mass is 19.1. The van der Waals surface area contributed by atoms with E-state index >= 15 is 0 Å². The molecule has 17 heavy (non-hydrogen) atoms. The summed E-state index contributed by atoms with van der Waals surface area (Å²) in [4.78, 5) is 11.7. The average Bonchev–Trinajstić information content (AvgIpc) is 2.19. The molecule has 0 atom stereocenters. The van der Waals surface area contributed by atoms with Crippen molar-refractivity contribution < 1.29 is 13.9 Å². The van der Waals surface area contributed by atoms with Crippen LogP contribution in [0.3, 0.4) is 0 Å². The van der Waals surface area contributed by atoms with Crippen molar-refractivity contribution >= 4 is 11.7 Å². The molecular formula is C12H13FN2O2. The number of benzene rings is 1. The molecule has 1 rings (SSSR count). The van der Waals surface area contributed by atoms with Gasteiger partial charge in [0.2, 0.25) is 0 Å². The molecular weight excluding hydrogens is 223 g/mol. The van der Waals surface area contributed by atoms with Crippen LogP contribution in [0, 0.1) is 17.1 Å². The first-order valence-electron chi connectivity index (χ1n) is 4.97. The number of nitriles is 1. The van der Waals surface area contributed by atoms with E-state index in [1.165, 1.54) is 0 Å². The minimum Gasteiger partial charge on any atom is -0.456 e. The maximum Gasteiger partial charge on any atom is 0.338 e. The third-order valence-electron chi connectivity index (χ3n) is 1.86. The lowest BCUT2D eigenvalue weighted by atomic mass is 10.1. The highest BCUT2D eigenvalue weighted by Gasteiger charge is 2.20. The second kappa shape index (κ2) is 4.42. The zero-order chi connectivity index (χ0) is 13.2. The first-order valence-corrected chi connectivity index (χ1v) is 4.97. The standard InChI is InChI=1S/C12H13FN2O2/c1-12(2,3)17-11(16)7-4-8(6-14)10(13)9(15)5-7/h4-5H,15H2,1-3H3. The second-order valence-corrected chi connectivity index (χ2v) is 4.54. The Hall–Kier alpha value is -2.09. The van der Waals surface area contributed by atoms with Gasteiger partial charge in [0.25, 0.3) is 0 Å². The number of hydrogen-bond donors (Lipinski definition) is 1. The molecule has 1 aromatic carbocycles. The van der Waals surface area contributed by atoms with Crippen LogP contribution < -0.4 is 5.73 Å². The number of halogens is 1. The minimum absolute atomic E-state index is 0.0652. The lowest BCUT2D eigenvalue weighted by Gasteiger charge is -2.19. The molecule has 90 valence electrons. The summed E-state index contributed by atoms with van der Waals surface area (Å²) in [7, 11) is 0. The predicted octanol–water partition coefficient (Wildman–Crippen LogP) is 2.23. The Labute approximate surface area is 98.8 Å². The minimum atomic E-state index is -0.820. The summed E-state index contributed by atoms with van der Waals surface area (Å²) in [6.07, 6.45) is 0. The van der Waals surface area contributed by atoms with Crippen molar-refractivity contribution in [3.05, 3.63) is 29.1 Å². The monoisotopic (exact) mass is 236 g/mol. The Balaban J connectivity index is 3.13. The fraction of sp³-hybridized carbons (Fsp3) is 0.333. The third-order valence-corrected chi connectivity index (χ3v) is 1.86. The van der Waals surface area contributed by atoms with Crippen molar-refractivity contribution in [1.82, 2.24) is 0 Å². The van der Waals surface area contributed by atoms with Crippen molar-refractivity contribution in [3.63, 3.8) is 0 Å². The van der Waals surface area contributed by atoms with Gasteiger partial charge in [0.05, 0.1) is 16.8 Å². The predicted molar refractivity (Wildman–Crippen MR) is 60.7 cm³/mol. The quantitative estimate of drug-likeness (QED) is 0.599. The van der Waals surface area contributed by atoms with Gasteiger partial charge in [-0.15, -0.1) is 0 Å². The molecule has 0 fully saturated rings. The van der Waals surface area contributed by atoms with E-state index in [2.05, 4.69) is 0 Å². The van der Waals surface area contributed by atoms with Gasteiger partial charge < -0.3 is 10.5 Å². The molecule has 2 N–H and O–H groups in total. The zero-order valence-corrected chi connectivity index (χ0v) is 9.87. The van der Waals surface area contributed by atoms with Gasteiger partial charge in [-0.3, -0.25) is 0 Å². The molecule has 0 aliphatic carbocycles. The number of nitrogen functional groups attached to an aromatic ring is 1. The molecule has 0 aliphatic rings. The van der Waals surface area contributed by atoms with E-state index in [9.17, 15) is 9.18 Å². The van der Waals surface area contributed by atoms with Crippen LogP contribution in [0.15, 0.2) is 12.1 Å². The van der Waals surface area contributed by atoms with Crippen LogP contribution in [-0.4, -0.2) is 11.6 Å². The normalized spacial score (nSPS) is 10.8. The van der Waals surface area contributed by atoms with Crippen LogP contribution in [0.4, 0.5) is 10.1 Å². The molecule has 0 saturated heterocycles. The Morgan fingerprint density at radius 3 is 2.53 bits per heavy atom. The number of rotatable bonds is 1. The number of ether oxygens (including phenoxy) is 1. The summed E-state index contributed by atoms with van der Waals surface area (Å²) in [5.41, 5.74) is 4.25. The maximum atomic E-state index is 13.3. The molecule has 0 amide bonds. The highest BCUT2D eigenvalue weighted by Crippen LogP contribution is 2.20. The summed E-state index contributed by atoms with van der Waals surface area (Å²) < 4.78 is 18.4. The van der Waals surface area contributed by atoms with Crippen molar-refractivity contribution in [3.8, 4) is 6.07 Å². The molecule has 0 radical (unpaired) electrons. The van der Waals surface area contributed by atoms with Crippen LogP contribution in [0.25, 0.3) is 0 Å². The average molecular weight is 236 g/mol. The number of nitrogens with two attached hydrogens (primary N) is 1. The second-order valence-electron chi connectivity index (χ2n) is 4.54. The summed E-state index contributed by atoms with van der Waals surface area (Å²) in [5.74, 6) is -1.46. The lowest BCUT2D eigenvalue weighted by Crippen LogP contribution is -2.24. The molecule has 0 bridgehead atoms. The first-order chi connectivity index (χ1) is 7.74. The number of carbonyl (C=O) groups is 1. The van der Waals surface area contributed by atoms with E-state index in [1.54, 1.807) is 26.8 Å². The van der Waals surface area contributed by atoms with Crippen LogP contribution in [-0.2, 0) is 4.74 Å². The number of hydrogen-bond acceptors (Lipinski definition) is 4. The molecule has 0 heterocycles. The molecule has 5 heteroatoms. The van der Waals surface area contributed by atoms with E-state index in [1.807, 2.05) is 0 Å². The van der Waals surface area contributed by atoms with Crippen molar-refractivity contribution in [2.45, 2.75) is 26.4 Å². The molecule has 0 spiro atoms. The van der Waals surface area contributed by atoms with Crippen LogP contribution >= 0.6 is 0 Å². The largest absolute Gasteiger partial charge is 0.456 e. The summed E-state index contributed by atoms with van der Waals surface area (Å²) in [5, 5.41) is 8.68. The van der Waals surface area contributed by atoms with E-state index < -0.39 is 17.4 Å². The fourth-order valence-corrected chi connectivity index (χ4v) is 1.18. The van der Waals surface area contributed by atoms with Crippen molar-refractivity contribution in [2.75, 3.05) is 5.73 Å². The molecule has 0 aliphatic heterocycles. The van der Waals surface area contributed by atoms with Crippen molar-refractivity contribution in [1.29, 1.82) is 5.26 Å². The van der Waals surface area contributed by atoms with Crippen LogP contribution in [0.5, 0.6) is 0 Å². The Morgan fingerprint density at radius 1 is 1.47 bits per heavy atom. The lowest BCUT2D eigenvalue weighted by molar-refractivity contribution is 0.00695. The van der Waals surface area contributed by atoms with Gasteiger partial charge in [0.15, 0.2) is 5.82 Å². The molecule has 0 aromatic heterocycles. The van der Waals surface area contributed by atoms with E-state index in [0.29, 0.717) is 0 Å². The van der Waals surface area contributed by atoms with Gasteiger partial charge in [-0.1, -0.05) is 0 Å². The van der Waals surface area contributed by atoms with Gasteiger partial charge in [-0.2, -0.15) is 5.26 Å². The maximum absolute atomic E-state index is 13.3. The molecule has 0 unspecified atom stereocenters. The van der Waals surface area contributed by atoms with E-state index in [-0.39, 0.29) is 16.8 Å². The Morgan fingerprint density at radius 2 is 2.06 bits per heavy atom. The molecule has 1 aromatic rings. The van der Waals surface area contributed by atoms with Gasteiger partial charge in [0.1, 0.15) is 11.7 Å². The summed E-state index contributed by atoms with van der Waals surface area (Å²) in [6.45, 7) is 5.13. The van der Waals surface area contributed by atoms with Gasteiger partial charge in [-0.05, 0) is 32.9 Å². The van der Waals surface area contributed by atoms with Gasteiger partial charge in [0, 0.05) is 0 Å². The van der Waals surface area contributed by atoms with E-state index in [4.69, 9.17) is 15.7 Å². The Kier molecular flexibility index (Phi) is 3.37. The number of nitrogens with zero attached hydrogens (tertiary/aromatic N) is 1. The first kappa shape index (κ1) is 13.0. The number of anilines is 1. The van der Waals surface area contributed by atoms with Crippen molar-refractivity contribution in [2.24, 2.45) is 0 Å². The van der Waals surface area contributed by atoms with E-state index in [0.717, 1.165) is 12.1 Å². The number of esters is 1. The SMILES string of the molecule is CC(C)(C)OC(=O)c1cc(N)c(F)c(C#N)c1. The van der Waals surface area contributed by atoms with Gasteiger partial charge >= 0.3 is 5.97 Å². The zero-order valence-electron chi connectivity index (χ0n) is 9.87. The number of carbonyl (C=O) groups excluding carboxylic acids is 1. The Bertz CT molecular complexity index is 498.